The van der Waals surface area contributed by atoms with Crippen LogP contribution in [0.1, 0.15) is 31.8 Å². The van der Waals surface area contributed by atoms with Gasteiger partial charge < -0.3 is 18.9 Å². The minimum Gasteiger partial charge on any atom is -0.497 e. The van der Waals surface area contributed by atoms with Crippen LogP contribution in [0, 0.1) is 6.92 Å². The molecule has 0 radical (unpaired) electrons. The molecule has 0 spiro atoms. The standard InChI is InChI=1S/C25H19ClO6/c1-14-20(32-25(28)15-4-6-17(26)7-5-15)11-9-19-23(27)22(31-24(14)19)13-16-12-18(29-2)8-10-21(16)30-3/h4-13H,1-3H3/b22-13-. The predicted octanol–water partition coefficient (Wildman–Crippen LogP) is 5.50. The third kappa shape index (κ3) is 4.05. The second-order valence-electron chi connectivity index (χ2n) is 7.01. The summed E-state index contributed by atoms with van der Waals surface area (Å²) in [5.74, 6) is 1.17. The van der Waals surface area contributed by atoms with Crippen molar-refractivity contribution in [3.05, 3.63) is 87.6 Å². The Morgan fingerprint density at radius 3 is 2.38 bits per heavy atom. The van der Waals surface area contributed by atoms with Crippen LogP contribution in [0.15, 0.2) is 60.4 Å². The molecule has 32 heavy (non-hydrogen) atoms. The minimum atomic E-state index is -0.536. The van der Waals surface area contributed by atoms with E-state index >= 15 is 0 Å². The number of carbonyl (C=O) groups excluding carboxylic acids is 2. The monoisotopic (exact) mass is 450 g/mol. The van der Waals surface area contributed by atoms with Crippen LogP contribution < -0.4 is 18.9 Å². The number of benzene rings is 3. The maximum Gasteiger partial charge on any atom is 0.343 e. The molecule has 3 aromatic rings. The Morgan fingerprint density at radius 1 is 0.969 bits per heavy atom. The zero-order valence-corrected chi connectivity index (χ0v) is 18.4. The van der Waals surface area contributed by atoms with Gasteiger partial charge >= 0.3 is 5.97 Å². The molecular formula is C25H19ClO6. The number of allylic oxidation sites excluding steroid dienone is 1. The van der Waals surface area contributed by atoms with Crippen LogP contribution in [0.5, 0.6) is 23.0 Å². The Morgan fingerprint density at radius 2 is 1.69 bits per heavy atom. The summed E-state index contributed by atoms with van der Waals surface area (Å²) in [7, 11) is 3.10. The van der Waals surface area contributed by atoms with E-state index in [1.807, 2.05) is 0 Å². The maximum atomic E-state index is 12.9. The van der Waals surface area contributed by atoms with Crippen molar-refractivity contribution in [1.82, 2.24) is 0 Å². The van der Waals surface area contributed by atoms with Crippen molar-refractivity contribution >= 4 is 29.4 Å². The summed E-state index contributed by atoms with van der Waals surface area (Å²) in [6.45, 7) is 1.73. The van der Waals surface area contributed by atoms with Gasteiger partial charge in [-0.25, -0.2) is 4.79 Å². The normalized spacial score (nSPS) is 13.5. The lowest BCUT2D eigenvalue weighted by Crippen LogP contribution is -2.09. The van der Waals surface area contributed by atoms with Crippen LogP contribution in [0.2, 0.25) is 5.02 Å². The number of rotatable bonds is 5. The zero-order chi connectivity index (χ0) is 22.8. The Labute approximate surface area is 189 Å². The molecule has 0 aliphatic carbocycles. The molecule has 0 unspecified atom stereocenters. The second-order valence-corrected chi connectivity index (χ2v) is 7.45. The van der Waals surface area contributed by atoms with Crippen LogP contribution in [-0.2, 0) is 0 Å². The fraction of sp³-hybridized carbons (Fsp3) is 0.120. The van der Waals surface area contributed by atoms with E-state index in [0.717, 1.165) is 0 Å². The molecule has 162 valence electrons. The van der Waals surface area contributed by atoms with Crippen LogP contribution in [0.25, 0.3) is 6.08 Å². The van der Waals surface area contributed by atoms with Gasteiger partial charge in [0.05, 0.1) is 25.3 Å². The number of carbonyl (C=O) groups is 2. The molecule has 3 aromatic carbocycles. The lowest BCUT2D eigenvalue weighted by molar-refractivity contribution is 0.0733. The largest absolute Gasteiger partial charge is 0.497 e. The smallest absolute Gasteiger partial charge is 0.343 e. The summed E-state index contributed by atoms with van der Waals surface area (Å²) >= 11 is 5.87. The number of esters is 1. The Balaban J connectivity index is 1.63. The van der Waals surface area contributed by atoms with Gasteiger partial charge in [0.25, 0.3) is 0 Å². The van der Waals surface area contributed by atoms with Crippen molar-refractivity contribution in [2.75, 3.05) is 14.2 Å². The number of ether oxygens (including phenoxy) is 4. The van der Waals surface area contributed by atoms with Crippen molar-refractivity contribution in [1.29, 1.82) is 0 Å². The molecule has 1 heterocycles. The fourth-order valence-electron chi connectivity index (χ4n) is 3.32. The van der Waals surface area contributed by atoms with Crippen molar-refractivity contribution in [2.45, 2.75) is 6.92 Å². The van der Waals surface area contributed by atoms with Gasteiger partial charge in [-0.1, -0.05) is 11.6 Å². The van der Waals surface area contributed by atoms with Gasteiger partial charge in [-0.15, -0.1) is 0 Å². The first-order valence-corrected chi connectivity index (χ1v) is 10.1. The molecule has 0 bridgehead atoms. The highest BCUT2D eigenvalue weighted by molar-refractivity contribution is 6.30. The molecule has 1 aliphatic rings. The highest BCUT2D eigenvalue weighted by Crippen LogP contribution is 2.40. The lowest BCUT2D eigenvalue weighted by Gasteiger charge is -2.10. The first-order valence-electron chi connectivity index (χ1n) is 9.69. The summed E-state index contributed by atoms with van der Waals surface area (Å²) in [5, 5.41) is 0.522. The summed E-state index contributed by atoms with van der Waals surface area (Å²) in [4.78, 5) is 25.4. The predicted molar refractivity (Wildman–Crippen MR) is 120 cm³/mol. The van der Waals surface area contributed by atoms with Gasteiger partial charge in [-0.05, 0) is 67.6 Å². The maximum absolute atomic E-state index is 12.9. The summed E-state index contributed by atoms with van der Waals surface area (Å²) in [5.41, 5.74) is 1.92. The molecule has 0 fully saturated rings. The number of hydrogen-bond acceptors (Lipinski definition) is 6. The molecule has 0 amide bonds. The van der Waals surface area contributed by atoms with E-state index in [-0.39, 0.29) is 11.5 Å². The third-order valence-electron chi connectivity index (χ3n) is 5.04. The lowest BCUT2D eigenvalue weighted by atomic mass is 10.1. The van der Waals surface area contributed by atoms with Crippen molar-refractivity contribution in [2.24, 2.45) is 0 Å². The average Bonchev–Trinajstić information content (AvgIpc) is 3.12. The second kappa shape index (κ2) is 8.77. The van der Waals surface area contributed by atoms with Gasteiger partial charge in [0, 0.05) is 16.1 Å². The Bertz CT molecular complexity index is 1240. The van der Waals surface area contributed by atoms with Crippen LogP contribution in [0.3, 0.4) is 0 Å². The quantitative estimate of drug-likeness (QED) is 0.290. The molecule has 4 rings (SSSR count). The summed E-state index contributed by atoms with van der Waals surface area (Å²) in [6, 6.07) is 14.8. The Hall–Kier alpha value is -3.77. The highest BCUT2D eigenvalue weighted by atomic mass is 35.5. The van der Waals surface area contributed by atoms with Crippen molar-refractivity contribution in [3.63, 3.8) is 0 Å². The molecule has 0 aromatic heterocycles. The van der Waals surface area contributed by atoms with Crippen molar-refractivity contribution < 1.29 is 28.5 Å². The van der Waals surface area contributed by atoms with Crippen LogP contribution >= 0.6 is 11.6 Å². The van der Waals surface area contributed by atoms with Gasteiger partial charge in [-0.3, -0.25) is 4.79 Å². The van der Waals surface area contributed by atoms with E-state index in [1.54, 1.807) is 81.8 Å². The Kier molecular flexibility index (Phi) is 5.88. The van der Waals surface area contributed by atoms with Gasteiger partial charge in [0.2, 0.25) is 5.78 Å². The number of ketones is 1. The molecule has 1 aliphatic heterocycles. The number of hydrogen-bond donors (Lipinski definition) is 0. The summed E-state index contributed by atoms with van der Waals surface area (Å²) < 4.78 is 22.0. The minimum absolute atomic E-state index is 0.135. The average molecular weight is 451 g/mol. The number of methoxy groups -OCH3 is 2. The molecule has 7 heteroatoms. The fourth-order valence-corrected chi connectivity index (χ4v) is 3.44. The van der Waals surface area contributed by atoms with Gasteiger partial charge in [0.1, 0.15) is 23.0 Å². The van der Waals surface area contributed by atoms with E-state index in [4.69, 9.17) is 30.5 Å². The summed E-state index contributed by atoms with van der Waals surface area (Å²) in [6.07, 6.45) is 1.60. The molecule has 0 N–H and O–H groups in total. The number of halogens is 1. The van der Waals surface area contributed by atoms with Gasteiger partial charge in [-0.2, -0.15) is 0 Å². The van der Waals surface area contributed by atoms with Crippen molar-refractivity contribution in [3.8, 4) is 23.0 Å². The number of fused-ring (bicyclic) bond motifs is 1. The first kappa shape index (κ1) is 21.5. The van der Waals surface area contributed by atoms with E-state index in [0.29, 0.717) is 50.3 Å². The van der Waals surface area contributed by atoms with Crippen LogP contribution in [-0.4, -0.2) is 26.0 Å². The molecule has 0 atom stereocenters. The molecule has 6 nitrogen and oxygen atoms in total. The molecule has 0 saturated heterocycles. The molecule has 0 saturated carbocycles. The van der Waals surface area contributed by atoms with E-state index in [9.17, 15) is 9.59 Å². The van der Waals surface area contributed by atoms with Crippen LogP contribution in [0.4, 0.5) is 0 Å². The van der Waals surface area contributed by atoms with E-state index in [2.05, 4.69) is 0 Å². The highest BCUT2D eigenvalue weighted by Gasteiger charge is 2.31. The van der Waals surface area contributed by atoms with E-state index in [1.165, 1.54) is 0 Å². The SMILES string of the molecule is COc1ccc(OC)c(/C=C2\Oc3c(ccc(OC(=O)c4ccc(Cl)cc4)c3C)C2=O)c1. The topological polar surface area (TPSA) is 71.1 Å². The third-order valence-corrected chi connectivity index (χ3v) is 5.29. The number of Topliss-reactive ketones (excluding diaryl/α,β-unsaturated/α-hetero) is 1. The zero-order valence-electron chi connectivity index (χ0n) is 17.6. The van der Waals surface area contributed by atoms with E-state index < -0.39 is 5.97 Å². The first-order chi connectivity index (χ1) is 15.4. The van der Waals surface area contributed by atoms with Gasteiger partial charge in [0.15, 0.2) is 5.76 Å². The molecular weight excluding hydrogens is 432 g/mol.